The first kappa shape index (κ1) is 21.6. The second kappa shape index (κ2) is 9.57. The molecule has 0 bridgehead atoms. The first-order chi connectivity index (χ1) is 14.9. The predicted molar refractivity (Wildman–Crippen MR) is 124 cm³/mol. The van der Waals surface area contributed by atoms with Gasteiger partial charge in [0, 0.05) is 35.4 Å². The van der Waals surface area contributed by atoms with Gasteiger partial charge in [0.1, 0.15) is 18.2 Å². The van der Waals surface area contributed by atoms with Gasteiger partial charge in [0.15, 0.2) is 0 Å². The van der Waals surface area contributed by atoms with Crippen LogP contribution in [0.2, 0.25) is 0 Å². The second-order valence-corrected chi connectivity index (χ2v) is 6.73. The summed E-state index contributed by atoms with van der Waals surface area (Å²) in [5, 5.41) is 7.30. The summed E-state index contributed by atoms with van der Waals surface area (Å²) in [6, 6.07) is 7.16. The number of pyridine rings is 2. The zero-order valence-corrected chi connectivity index (χ0v) is 17.7. The van der Waals surface area contributed by atoms with Crippen molar-refractivity contribution in [2.24, 2.45) is 9.98 Å². The normalized spacial score (nSPS) is 11.6. The molecule has 158 valence electrons. The molecular weight excluding hydrogens is 392 g/mol. The Kier molecular flexibility index (Phi) is 6.66. The number of nitrogens with zero attached hydrogens (tertiary/aromatic N) is 6. The van der Waals surface area contributed by atoms with Crippen LogP contribution in [0.1, 0.15) is 23.9 Å². The average molecular weight is 416 g/mol. The van der Waals surface area contributed by atoms with Gasteiger partial charge < -0.3 is 11.1 Å². The number of carbonyl (C=O) groups excluding carboxylic acids is 1. The highest BCUT2D eigenvalue weighted by Crippen LogP contribution is 2.27. The molecule has 3 aromatic rings. The molecule has 0 radical (unpaired) electrons. The summed E-state index contributed by atoms with van der Waals surface area (Å²) in [5.74, 6) is 0.627. The third kappa shape index (κ3) is 5.08. The van der Waals surface area contributed by atoms with Crippen LogP contribution in [-0.2, 0) is 11.3 Å². The van der Waals surface area contributed by atoms with Crippen LogP contribution in [0.3, 0.4) is 0 Å². The summed E-state index contributed by atoms with van der Waals surface area (Å²) in [6.07, 6.45) is 6.51. The first-order valence-corrected chi connectivity index (χ1v) is 9.59. The maximum Gasteiger partial charge on any atom is 0.247 e. The third-order valence-electron chi connectivity index (χ3n) is 4.59. The minimum Gasteiger partial charge on any atom is -0.384 e. The van der Waals surface area contributed by atoms with E-state index in [1.807, 2.05) is 26.8 Å². The number of aromatic nitrogens is 4. The van der Waals surface area contributed by atoms with Crippen LogP contribution in [0.4, 0.5) is 11.6 Å². The Bertz CT molecular complexity index is 1160. The number of hydrogen-bond donors (Lipinski definition) is 2. The largest absolute Gasteiger partial charge is 0.384 e. The van der Waals surface area contributed by atoms with Crippen molar-refractivity contribution in [2.45, 2.75) is 27.3 Å². The molecule has 1 amide bonds. The molecule has 3 rings (SSSR count). The van der Waals surface area contributed by atoms with E-state index in [-0.39, 0.29) is 12.5 Å². The van der Waals surface area contributed by atoms with Crippen molar-refractivity contribution in [3.8, 4) is 11.1 Å². The second-order valence-electron chi connectivity index (χ2n) is 6.73. The zero-order valence-electron chi connectivity index (χ0n) is 17.7. The molecule has 0 aliphatic carbocycles. The SMILES string of the molecule is C=N/C(=C\N=CC)c1ccc(NC(=O)Cn2nc(C)c(-c3ccnc(N)c3)c2C)nc1. The Morgan fingerprint density at radius 3 is 2.74 bits per heavy atom. The Balaban J connectivity index is 1.73. The topological polar surface area (TPSA) is 123 Å². The van der Waals surface area contributed by atoms with Gasteiger partial charge >= 0.3 is 0 Å². The molecule has 0 aliphatic heterocycles. The molecular formula is C22H24N8O. The molecule has 9 nitrogen and oxygen atoms in total. The first-order valence-electron chi connectivity index (χ1n) is 9.59. The summed E-state index contributed by atoms with van der Waals surface area (Å²) in [6.45, 7) is 9.23. The third-order valence-corrected chi connectivity index (χ3v) is 4.59. The Hall–Kier alpha value is -4.14. The summed E-state index contributed by atoms with van der Waals surface area (Å²) in [5.41, 5.74) is 10.7. The van der Waals surface area contributed by atoms with Gasteiger partial charge in [0.25, 0.3) is 0 Å². The fourth-order valence-electron chi connectivity index (χ4n) is 3.16. The molecule has 0 unspecified atom stereocenters. The van der Waals surface area contributed by atoms with E-state index in [1.165, 1.54) is 0 Å². The standard InChI is InChI=1S/C22H24N8O/c1-5-25-12-18(24-4)17-6-7-20(27-11-17)28-21(31)13-30-15(3)22(14(2)29-30)16-8-9-26-19(23)10-16/h5-12H,4,13H2,1-3H3,(H2,23,26)(H,27,28,31)/b18-12-,25-5?. The van der Waals surface area contributed by atoms with Crippen molar-refractivity contribution in [1.82, 2.24) is 19.7 Å². The van der Waals surface area contributed by atoms with Crippen LogP contribution in [0, 0.1) is 13.8 Å². The minimum absolute atomic E-state index is 0.0568. The van der Waals surface area contributed by atoms with E-state index >= 15 is 0 Å². The maximum absolute atomic E-state index is 12.6. The number of aliphatic imine (C=N–C) groups is 2. The number of amides is 1. The predicted octanol–water partition coefficient (Wildman–Crippen LogP) is 3.27. The van der Waals surface area contributed by atoms with Gasteiger partial charge in [-0.25, -0.2) is 9.97 Å². The van der Waals surface area contributed by atoms with Crippen molar-refractivity contribution in [3.63, 3.8) is 0 Å². The summed E-state index contributed by atoms with van der Waals surface area (Å²) >= 11 is 0. The van der Waals surface area contributed by atoms with Gasteiger partial charge in [-0.2, -0.15) is 5.10 Å². The lowest BCUT2D eigenvalue weighted by atomic mass is 10.1. The van der Waals surface area contributed by atoms with Crippen LogP contribution in [0.25, 0.3) is 16.8 Å². The number of nitrogen functional groups attached to an aromatic ring is 1. The van der Waals surface area contributed by atoms with E-state index in [9.17, 15) is 4.79 Å². The van der Waals surface area contributed by atoms with E-state index in [1.54, 1.807) is 47.7 Å². The van der Waals surface area contributed by atoms with E-state index in [4.69, 9.17) is 5.73 Å². The van der Waals surface area contributed by atoms with E-state index < -0.39 is 0 Å². The molecule has 9 heteroatoms. The fraction of sp³-hybridized carbons (Fsp3) is 0.182. The van der Waals surface area contributed by atoms with Gasteiger partial charge in [0.05, 0.1) is 17.6 Å². The lowest BCUT2D eigenvalue weighted by Crippen LogP contribution is -2.20. The van der Waals surface area contributed by atoms with Crippen molar-refractivity contribution in [1.29, 1.82) is 0 Å². The number of carbonyl (C=O) groups is 1. The van der Waals surface area contributed by atoms with Gasteiger partial charge in [-0.15, -0.1) is 0 Å². The Morgan fingerprint density at radius 2 is 2.10 bits per heavy atom. The van der Waals surface area contributed by atoms with E-state index in [2.05, 4.69) is 37.1 Å². The zero-order chi connectivity index (χ0) is 22.4. The quantitative estimate of drug-likeness (QED) is 0.572. The number of anilines is 2. The van der Waals surface area contributed by atoms with E-state index in [0.29, 0.717) is 17.3 Å². The summed E-state index contributed by atoms with van der Waals surface area (Å²) in [4.78, 5) is 28.8. The molecule has 3 aromatic heterocycles. The molecule has 3 N–H and O–H groups in total. The smallest absolute Gasteiger partial charge is 0.247 e. The molecule has 0 saturated heterocycles. The van der Waals surface area contributed by atoms with Gasteiger partial charge in [-0.05, 0) is 57.3 Å². The van der Waals surface area contributed by atoms with Gasteiger partial charge in [-0.3, -0.25) is 19.5 Å². The molecule has 0 aromatic carbocycles. The average Bonchev–Trinajstić information content (AvgIpc) is 3.02. The summed E-state index contributed by atoms with van der Waals surface area (Å²) < 4.78 is 1.66. The minimum atomic E-state index is -0.236. The highest BCUT2D eigenvalue weighted by Gasteiger charge is 2.16. The molecule has 31 heavy (non-hydrogen) atoms. The molecule has 0 aliphatic rings. The maximum atomic E-state index is 12.6. The van der Waals surface area contributed by atoms with Gasteiger partial charge in [0.2, 0.25) is 5.91 Å². The van der Waals surface area contributed by atoms with Crippen LogP contribution < -0.4 is 11.1 Å². The molecule has 0 atom stereocenters. The van der Waals surface area contributed by atoms with Crippen molar-refractivity contribution in [3.05, 3.63) is 59.8 Å². The van der Waals surface area contributed by atoms with Crippen molar-refractivity contribution >= 4 is 36.2 Å². The van der Waals surface area contributed by atoms with Crippen LogP contribution >= 0.6 is 0 Å². The van der Waals surface area contributed by atoms with Crippen molar-refractivity contribution < 1.29 is 4.79 Å². The number of nitrogens with one attached hydrogen (secondary N) is 1. The molecule has 0 saturated carbocycles. The Morgan fingerprint density at radius 1 is 1.29 bits per heavy atom. The fourth-order valence-corrected chi connectivity index (χ4v) is 3.16. The number of nitrogens with two attached hydrogens (primary N) is 1. The van der Waals surface area contributed by atoms with Crippen molar-refractivity contribution in [2.75, 3.05) is 11.1 Å². The molecule has 0 spiro atoms. The van der Waals surface area contributed by atoms with E-state index in [0.717, 1.165) is 28.1 Å². The lowest BCUT2D eigenvalue weighted by molar-refractivity contribution is -0.117. The lowest BCUT2D eigenvalue weighted by Gasteiger charge is -2.08. The molecule has 3 heterocycles. The molecule has 0 fully saturated rings. The highest BCUT2D eigenvalue weighted by atomic mass is 16.2. The number of rotatable bonds is 7. The number of aryl methyl sites for hydroxylation is 1. The van der Waals surface area contributed by atoms with Crippen LogP contribution in [-0.4, -0.2) is 38.6 Å². The van der Waals surface area contributed by atoms with Crippen LogP contribution in [0.5, 0.6) is 0 Å². The Labute approximate surface area is 180 Å². The summed E-state index contributed by atoms with van der Waals surface area (Å²) in [7, 11) is 0. The number of hydrogen-bond acceptors (Lipinski definition) is 7. The highest BCUT2D eigenvalue weighted by molar-refractivity contribution is 5.90. The monoisotopic (exact) mass is 416 g/mol. The van der Waals surface area contributed by atoms with Crippen LogP contribution in [0.15, 0.2) is 52.8 Å². The van der Waals surface area contributed by atoms with Gasteiger partial charge in [-0.1, -0.05) is 0 Å².